The van der Waals surface area contributed by atoms with Gasteiger partial charge in [-0.3, -0.25) is 9.69 Å². The Hall–Kier alpha value is -2.45. The Labute approximate surface area is 186 Å². The van der Waals surface area contributed by atoms with Crippen LogP contribution in [0.25, 0.3) is 11.0 Å². The molecule has 1 aromatic carbocycles. The first-order valence-electron chi connectivity index (χ1n) is 9.29. The van der Waals surface area contributed by atoms with E-state index in [2.05, 4.69) is 14.1 Å². The van der Waals surface area contributed by atoms with Gasteiger partial charge in [-0.25, -0.2) is 13.2 Å². The van der Waals surface area contributed by atoms with Gasteiger partial charge in [0.1, 0.15) is 20.8 Å². The Morgan fingerprint density at radius 1 is 1.16 bits per heavy atom. The molecule has 0 radical (unpaired) electrons. The zero-order valence-corrected chi connectivity index (χ0v) is 18.9. The van der Waals surface area contributed by atoms with Crippen LogP contribution in [-0.2, 0) is 19.6 Å². The first-order valence-corrected chi connectivity index (χ1v) is 12.3. The second kappa shape index (κ2) is 8.96. The van der Waals surface area contributed by atoms with E-state index in [9.17, 15) is 18.0 Å². The van der Waals surface area contributed by atoms with Gasteiger partial charge in [0, 0.05) is 26.2 Å². The van der Waals surface area contributed by atoms with Crippen molar-refractivity contribution in [3.8, 4) is 0 Å². The Kier molecular flexibility index (Phi) is 6.29. The predicted molar refractivity (Wildman–Crippen MR) is 117 cm³/mol. The molecule has 3 aromatic rings. The van der Waals surface area contributed by atoms with Crippen molar-refractivity contribution in [1.82, 2.24) is 18.0 Å². The highest BCUT2D eigenvalue weighted by atomic mass is 32.2. The van der Waals surface area contributed by atoms with Gasteiger partial charge in [0.15, 0.2) is 0 Å². The number of hydrogen-bond donors (Lipinski definition) is 1. The van der Waals surface area contributed by atoms with Crippen molar-refractivity contribution in [2.45, 2.75) is 4.90 Å². The van der Waals surface area contributed by atoms with Crippen molar-refractivity contribution in [1.29, 1.82) is 0 Å². The molecule has 2 aromatic heterocycles. The zero-order chi connectivity index (χ0) is 22.0. The van der Waals surface area contributed by atoms with Crippen molar-refractivity contribution in [2.24, 2.45) is 0 Å². The van der Waals surface area contributed by atoms with Crippen LogP contribution in [0, 0.1) is 0 Å². The third-order valence-corrected chi connectivity index (χ3v) is 8.24. The quantitative estimate of drug-likeness (QED) is 0.526. The molecule has 10 nitrogen and oxygen atoms in total. The van der Waals surface area contributed by atoms with E-state index < -0.39 is 16.0 Å². The molecule has 0 atom stereocenters. The highest BCUT2D eigenvalue weighted by molar-refractivity contribution is 7.89. The maximum atomic E-state index is 13.1. The molecule has 1 fully saturated rings. The fraction of sp³-hybridized carbons (Fsp3) is 0.333. The van der Waals surface area contributed by atoms with E-state index in [1.807, 2.05) is 4.90 Å². The lowest BCUT2D eigenvalue weighted by Crippen LogP contribution is -2.50. The van der Waals surface area contributed by atoms with Gasteiger partial charge in [-0.15, -0.1) is 11.3 Å². The Morgan fingerprint density at radius 3 is 2.68 bits per heavy atom. The van der Waals surface area contributed by atoms with Crippen LogP contribution in [0.4, 0.5) is 5.69 Å². The molecule has 0 unspecified atom stereocenters. The number of fused-ring (bicyclic) bond motifs is 1. The number of ether oxygens (including phenoxy) is 1. The van der Waals surface area contributed by atoms with E-state index >= 15 is 0 Å². The summed E-state index contributed by atoms with van der Waals surface area (Å²) in [6.07, 6.45) is 0. The van der Waals surface area contributed by atoms with Crippen molar-refractivity contribution in [3.63, 3.8) is 0 Å². The Balaban J connectivity index is 1.37. The third kappa shape index (κ3) is 4.45. The molecule has 1 amide bonds. The first-order chi connectivity index (χ1) is 14.9. The fourth-order valence-corrected chi connectivity index (χ4v) is 6.25. The number of carbonyl (C=O) groups is 2. The van der Waals surface area contributed by atoms with Crippen LogP contribution in [0.3, 0.4) is 0 Å². The van der Waals surface area contributed by atoms with Crippen molar-refractivity contribution in [2.75, 3.05) is 45.2 Å². The summed E-state index contributed by atoms with van der Waals surface area (Å²) in [6.45, 7) is 1.43. The number of nitrogens with zero attached hydrogens (tertiary/aromatic N) is 4. The molecule has 3 heterocycles. The summed E-state index contributed by atoms with van der Waals surface area (Å²) in [5.74, 6) is -0.785. The first kappa shape index (κ1) is 21.8. The number of nitrogens with one attached hydrogen (secondary N) is 1. The molecule has 0 aliphatic carbocycles. The van der Waals surface area contributed by atoms with Gasteiger partial charge in [-0.05, 0) is 23.6 Å². The largest absolute Gasteiger partial charge is 0.465 e. The van der Waals surface area contributed by atoms with Crippen LogP contribution in [0.2, 0.25) is 0 Å². The molecule has 13 heteroatoms. The lowest BCUT2D eigenvalue weighted by molar-refractivity contribution is -0.117. The van der Waals surface area contributed by atoms with E-state index in [0.29, 0.717) is 34.7 Å². The van der Waals surface area contributed by atoms with Crippen LogP contribution >= 0.6 is 23.1 Å². The van der Waals surface area contributed by atoms with Crippen LogP contribution in [0.15, 0.2) is 34.5 Å². The van der Waals surface area contributed by atoms with E-state index in [4.69, 9.17) is 4.74 Å². The zero-order valence-electron chi connectivity index (χ0n) is 16.5. The molecule has 1 N–H and O–H groups in total. The fourth-order valence-electron chi connectivity index (χ4n) is 3.31. The summed E-state index contributed by atoms with van der Waals surface area (Å²) in [6, 6.07) is 6.57. The topological polar surface area (TPSA) is 122 Å². The minimum Gasteiger partial charge on any atom is -0.465 e. The number of amides is 1. The average molecular weight is 482 g/mol. The number of piperazine rings is 1. The SMILES string of the molecule is COC(=O)c1sccc1NC(=O)CN1CCN(S(=O)(=O)c2cccc3nsnc23)CC1. The van der Waals surface area contributed by atoms with Gasteiger partial charge in [0.05, 0.1) is 31.1 Å². The van der Waals surface area contributed by atoms with Gasteiger partial charge in [0.2, 0.25) is 15.9 Å². The minimum atomic E-state index is -3.71. The predicted octanol–water partition coefficient (Wildman–Crippen LogP) is 1.48. The summed E-state index contributed by atoms with van der Waals surface area (Å²) in [4.78, 5) is 26.5. The second-order valence-electron chi connectivity index (χ2n) is 6.77. The molecule has 0 bridgehead atoms. The highest BCUT2D eigenvalue weighted by Crippen LogP contribution is 2.25. The molecule has 1 aliphatic rings. The summed E-state index contributed by atoms with van der Waals surface area (Å²) < 4.78 is 40.5. The Bertz CT molecular complexity index is 1210. The van der Waals surface area contributed by atoms with E-state index in [-0.39, 0.29) is 30.4 Å². The molecular weight excluding hydrogens is 462 g/mol. The lowest BCUT2D eigenvalue weighted by Gasteiger charge is -2.33. The molecule has 1 saturated heterocycles. The normalized spacial score (nSPS) is 15.8. The van der Waals surface area contributed by atoms with E-state index in [0.717, 1.165) is 11.7 Å². The molecule has 0 spiro atoms. The van der Waals surface area contributed by atoms with Crippen LogP contribution < -0.4 is 5.32 Å². The summed E-state index contributed by atoms with van der Waals surface area (Å²) in [5, 5.41) is 4.42. The van der Waals surface area contributed by atoms with E-state index in [1.165, 1.54) is 22.8 Å². The number of thiophene rings is 1. The maximum absolute atomic E-state index is 13.1. The number of anilines is 1. The highest BCUT2D eigenvalue weighted by Gasteiger charge is 2.31. The molecule has 0 saturated carbocycles. The molecule has 4 rings (SSSR count). The molecular formula is C18H19N5O5S3. The Morgan fingerprint density at radius 2 is 1.94 bits per heavy atom. The number of benzene rings is 1. The van der Waals surface area contributed by atoms with Gasteiger partial charge >= 0.3 is 5.97 Å². The van der Waals surface area contributed by atoms with E-state index in [1.54, 1.807) is 29.6 Å². The van der Waals surface area contributed by atoms with Gasteiger partial charge in [0.25, 0.3) is 0 Å². The monoisotopic (exact) mass is 481 g/mol. The smallest absolute Gasteiger partial charge is 0.350 e. The van der Waals surface area contributed by atoms with Gasteiger partial charge in [-0.1, -0.05) is 6.07 Å². The number of aromatic nitrogens is 2. The molecule has 164 valence electrons. The summed E-state index contributed by atoms with van der Waals surface area (Å²) in [7, 11) is -2.42. The summed E-state index contributed by atoms with van der Waals surface area (Å²) >= 11 is 2.17. The standard InChI is InChI=1S/C18H19N5O5S3/c1-28-18(25)17-13(5-10-29-17)19-15(24)11-22-6-8-23(9-7-22)31(26,27)14-4-2-3-12-16(14)21-30-20-12/h2-5,10H,6-9,11H2,1H3,(H,19,24). The molecule has 1 aliphatic heterocycles. The molecule has 31 heavy (non-hydrogen) atoms. The maximum Gasteiger partial charge on any atom is 0.350 e. The number of carbonyl (C=O) groups excluding carboxylic acids is 2. The van der Waals surface area contributed by atoms with Crippen molar-refractivity contribution < 1.29 is 22.7 Å². The number of sulfonamides is 1. The van der Waals surface area contributed by atoms with Gasteiger partial charge < -0.3 is 10.1 Å². The van der Waals surface area contributed by atoms with Crippen molar-refractivity contribution >= 4 is 61.7 Å². The number of methoxy groups -OCH3 is 1. The van der Waals surface area contributed by atoms with Crippen LogP contribution in [-0.4, -0.2) is 78.1 Å². The number of rotatable bonds is 6. The van der Waals surface area contributed by atoms with Gasteiger partial charge in [-0.2, -0.15) is 13.1 Å². The number of hydrogen-bond acceptors (Lipinski definition) is 10. The minimum absolute atomic E-state index is 0.0932. The van der Waals surface area contributed by atoms with Crippen LogP contribution in [0.5, 0.6) is 0 Å². The second-order valence-corrected chi connectivity index (χ2v) is 10.1. The van der Waals surface area contributed by atoms with Crippen molar-refractivity contribution in [3.05, 3.63) is 34.5 Å². The third-order valence-electron chi connectivity index (χ3n) is 4.88. The number of esters is 1. The van der Waals surface area contributed by atoms with Crippen LogP contribution in [0.1, 0.15) is 9.67 Å². The lowest BCUT2D eigenvalue weighted by atomic mass is 10.3. The average Bonchev–Trinajstić information content (AvgIpc) is 3.42. The summed E-state index contributed by atoms with van der Waals surface area (Å²) in [5.41, 5.74) is 1.35.